The van der Waals surface area contributed by atoms with Crippen LogP contribution in [0.5, 0.6) is 0 Å². The zero-order chi connectivity index (χ0) is 15.9. The molecule has 0 fully saturated rings. The summed E-state index contributed by atoms with van der Waals surface area (Å²) in [4.78, 5) is 9.05. The van der Waals surface area contributed by atoms with Gasteiger partial charge in [-0.25, -0.2) is 9.97 Å². The first-order chi connectivity index (χ1) is 9.91. The first kappa shape index (κ1) is 18.4. The Bertz CT molecular complexity index is 430. The molecule has 1 rings (SSSR count). The highest BCUT2D eigenvalue weighted by Gasteiger charge is 2.21. The van der Waals surface area contributed by atoms with E-state index < -0.39 is 0 Å². The minimum Gasteiger partial charge on any atom is -0.394 e. The van der Waals surface area contributed by atoms with Crippen molar-refractivity contribution in [1.82, 2.24) is 15.3 Å². The molecule has 1 aromatic rings. The van der Waals surface area contributed by atoms with E-state index in [2.05, 4.69) is 36.1 Å². The number of nitrogens with one attached hydrogen (secondary N) is 1. The molecule has 4 nitrogen and oxygen atoms in total. The first-order valence-corrected chi connectivity index (χ1v) is 8.71. The van der Waals surface area contributed by atoms with Crippen molar-refractivity contribution in [3.63, 3.8) is 0 Å². The molecule has 0 spiro atoms. The zero-order valence-electron chi connectivity index (χ0n) is 14.0. The van der Waals surface area contributed by atoms with E-state index in [4.69, 9.17) is 0 Å². The van der Waals surface area contributed by atoms with Crippen LogP contribution in [0.2, 0.25) is 0 Å². The predicted molar refractivity (Wildman–Crippen MR) is 90.0 cm³/mol. The number of hydrogen-bond donors (Lipinski definition) is 2. The minimum atomic E-state index is -0.170. The SMILES string of the molecule is CCCNC(C)(CO)CCCSc1nc(C)c(C)c(C)n1. The molecule has 21 heavy (non-hydrogen) atoms. The molecular formula is C16H29N3OS. The van der Waals surface area contributed by atoms with Crippen molar-refractivity contribution >= 4 is 11.8 Å². The summed E-state index contributed by atoms with van der Waals surface area (Å²) in [5, 5.41) is 13.8. The molecule has 1 heterocycles. The molecule has 0 aliphatic rings. The number of aromatic nitrogens is 2. The highest BCUT2D eigenvalue weighted by atomic mass is 32.2. The lowest BCUT2D eigenvalue weighted by Crippen LogP contribution is -2.46. The van der Waals surface area contributed by atoms with E-state index in [1.54, 1.807) is 11.8 Å². The molecular weight excluding hydrogens is 282 g/mol. The molecule has 1 atom stereocenters. The van der Waals surface area contributed by atoms with Crippen LogP contribution in [0.1, 0.15) is 50.1 Å². The summed E-state index contributed by atoms with van der Waals surface area (Å²) < 4.78 is 0. The van der Waals surface area contributed by atoms with Crippen molar-refractivity contribution in [3.8, 4) is 0 Å². The Morgan fingerprint density at radius 1 is 1.19 bits per heavy atom. The van der Waals surface area contributed by atoms with Gasteiger partial charge in [0.1, 0.15) is 0 Å². The zero-order valence-corrected chi connectivity index (χ0v) is 14.8. The number of hydrogen-bond acceptors (Lipinski definition) is 5. The Kier molecular flexibility index (Phi) is 7.63. The molecule has 120 valence electrons. The van der Waals surface area contributed by atoms with E-state index in [1.165, 1.54) is 5.56 Å². The molecule has 0 saturated heterocycles. The number of thioether (sulfide) groups is 1. The van der Waals surface area contributed by atoms with Crippen LogP contribution in [0.3, 0.4) is 0 Å². The summed E-state index contributed by atoms with van der Waals surface area (Å²) in [6, 6.07) is 0. The van der Waals surface area contributed by atoms with Gasteiger partial charge in [-0.15, -0.1) is 0 Å². The maximum Gasteiger partial charge on any atom is 0.187 e. The highest BCUT2D eigenvalue weighted by molar-refractivity contribution is 7.99. The number of aryl methyl sites for hydroxylation is 2. The fourth-order valence-electron chi connectivity index (χ4n) is 2.08. The Balaban J connectivity index is 2.43. The van der Waals surface area contributed by atoms with Crippen molar-refractivity contribution in [2.75, 3.05) is 18.9 Å². The van der Waals surface area contributed by atoms with Gasteiger partial charge in [0.2, 0.25) is 0 Å². The van der Waals surface area contributed by atoms with Crippen LogP contribution in [0.4, 0.5) is 0 Å². The van der Waals surface area contributed by atoms with E-state index >= 15 is 0 Å². The molecule has 5 heteroatoms. The maximum absolute atomic E-state index is 9.54. The average molecular weight is 311 g/mol. The molecule has 0 amide bonds. The van der Waals surface area contributed by atoms with Crippen LogP contribution in [0.15, 0.2) is 5.16 Å². The van der Waals surface area contributed by atoms with Crippen LogP contribution in [-0.2, 0) is 0 Å². The van der Waals surface area contributed by atoms with E-state index in [0.717, 1.165) is 48.1 Å². The second kappa shape index (κ2) is 8.71. The molecule has 0 bridgehead atoms. The second-order valence-electron chi connectivity index (χ2n) is 5.90. The summed E-state index contributed by atoms with van der Waals surface area (Å²) in [6.45, 7) is 11.5. The van der Waals surface area contributed by atoms with E-state index in [0.29, 0.717) is 0 Å². The third kappa shape index (κ3) is 5.93. The van der Waals surface area contributed by atoms with Crippen LogP contribution < -0.4 is 5.32 Å². The Labute approximate surface area is 133 Å². The normalized spacial score (nSPS) is 14.2. The van der Waals surface area contributed by atoms with Crippen molar-refractivity contribution in [2.45, 2.75) is 64.6 Å². The molecule has 2 N–H and O–H groups in total. The van der Waals surface area contributed by atoms with Gasteiger partial charge in [-0.3, -0.25) is 0 Å². The Morgan fingerprint density at radius 2 is 1.81 bits per heavy atom. The molecule has 1 unspecified atom stereocenters. The van der Waals surface area contributed by atoms with Crippen molar-refractivity contribution in [1.29, 1.82) is 0 Å². The topological polar surface area (TPSA) is 58.0 Å². The Hall–Kier alpha value is -0.650. The third-order valence-electron chi connectivity index (χ3n) is 3.87. The predicted octanol–water partition coefficient (Wildman–Crippen LogP) is 3.02. The lowest BCUT2D eigenvalue weighted by atomic mass is 9.97. The molecule has 1 aromatic heterocycles. The van der Waals surface area contributed by atoms with Crippen LogP contribution in [0, 0.1) is 20.8 Å². The van der Waals surface area contributed by atoms with Crippen molar-refractivity contribution in [3.05, 3.63) is 17.0 Å². The lowest BCUT2D eigenvalue weighted by Gasteiger charge is -2.28. The quantitative estimate of drug-likeness (QED) is 0.417. The number of aliphatic hydroxyl groups is 1. The number of rotatable bonds is 9. The summed E-state index contributed by atoms with van der Waals surface area (Å²) >= 11 is 1.70. The largest absolute Gasteiger partial charge is 0.394 e. The summed E-state index contributed by atoms with van der Waals surface area (Å²) in [5.41, 5.74) is 3.14. The molecule has 0 aliphatic carbocycles. The van der Waals surface area contributed by atoms with Gasteiger partial charge in [0.25, 0.3) is 0 Å². The van der Waals surface area contributed by atoms with Gasteiger partial charge in [-0.05, 0) is 59.1 Å². The number of aliphatic hydroxyl groups excluding tert-OH is 1. The van der Waals surface area contributed by atoms with Gasteiger partial charge in [-0.2, -0.15) is 0 Å². The molecule has 0 saturated carbocycles. The standard InChI is InChI=1S/C16H29N3OS/c1-6-9-17-16(5,11-20)8-7-10-21-15-18-13(3)12(2)14(4)19-15/h17,20H,6-11H2,1-5H3. The van der Waals surface area contributed by atoms with Gasteiger partial charge in [0.05, 0.1) is 6.61 Å². The Morgan fingerprint density at radius 3 is 2.33 bits per heavy atom. The van der Waals surface area contributed by atoms with Gasteiger partial charge in [-0.1, -0.05) is 18.7 Å². The van der Waals surface area contributed by atoms with E-state index in [-0.39, 0.29) is 12.1 Å². The van der Waals surface area contributed by atoms with Gasteiger partial charge in [0.15, 0.2) is 5.16 Å². The van der Waals surface area contributed by atoms with E-state index in [9.17, 15) is 5.11 Å². The average Bonchev–Trinajstić information content (AvgIpc) is 2.47. The third-order valence-corrected chi connectivity index (χ3v) is 4.80. The van der Waals surface area contributed by atoms with Gasteiger partial charge >= 0.3 is 0 Å². The molecule has 0 radical (unpaired) electrons. The second-order valence-corrected chi connectivity index (χ2v) is 6.96. The first-order valence-electron chi connectivity index (χ1n) is 7.72. The monoisotopic (exact) mass is 311 g/mol. The summed E-state index contributed by atoms with van der Waals surface area (Å²) in [7, 11) is 0. The smallest absolute Gasteiger partial charge is 0.187 e. The highest BCUT2D eigenvalue weighted by Crippen LogP contribution is 2.20. The minimum absolute atomic E-state index is 0.170. The van der Waals surface area contributed by atoms with Crippen LogP contribution >= 0.6 is 11.8 Å². The van der Waals surface area contributed by atoms with E-state index in [1.807, 2.05) is 13.8 Å². The van der Waals surface area contributed by atoms with Gasteiger partial charge in [0, 0.05) is 22.7 Å². The molecule has 0 aromatic carbocycles. The van der Waals surface area contributed by atoms with Crippen molar-refractivity contribution < 1.29 is 5.11 Å². The number of nitrogens with zero attached hydrogens (tertiary/aromatic N) is 2. The summed E-state index contributed by atoms with van der Waals surface area (Å²) in [5.74, 6) is 0.978. The maximum atomic E-state index is 9.54. The summed E-state index contributed by atoms with van der Waals surface area (Å²) in [6.07, 6.45) is 3.08. The van der Waals surface area contributed by atoms with Crippen LogP contribution in [-0.4, -0.2) is 39.5 Å². The molecule has 0 aliphatic heterocycles. The lowest BCUT2D eigenvalue weighted by molar-refractivity contribution is 0.165. The van der Waals surface area contributed by atoms with Gasteiger partial charge < -0.3 is 10.4 Å². The fourth-order valence-corrected chi connectivity index (χ4v) is 2.96. The fraction of sp³-hybridized carbons (Fsp3) is 0.750. The van der Waals surface area contributed by atoms with Crippen molar-refractivity contribution in [2.24, 2.45) is 0 Å². The van der Waals surface area contributed by atoms with Crippen LogP contribution in [0.25, 0.3) is 0 Å².